The van der Waals surface area contributed by atoms with Crippen LogP contribution in [-0.2, 0) is 17.6 Å². The molecular weight excluding hydrogens is 272 g/mol. The average molecular weight is 286 g/mol. The summed E-state index contributed by atoms with van der Waals surface area (Å²) in [6.07, 6.45) is 2.07. The van der Waals surface area contributed by atoms with Gasteiger partial charge in [0.25, 0.3) is 0 Å². The first-order valence-corrected chi connectivity index (χ1v) is 8.29. The maximum absolute atomic E-state index is 6.26. The highest BCUT2D eigenvalue weighted by Gasteiger charge is 2.29. The van der Waals surface area contributed by atoms with E-state index in [-0.39, 0.29) is 10.9 Å². The summed E-state index contributed by atoms with van der Waals surface area (Å²) in [4.78, 5) is 2.76. The highest BCUT2D eigenvalue weighted by Crippen LogP contribution is 2.43. The van der Waals surface area contributed by atoms with E-state index in [2.05, 4.69) is 48.5 Å². The van der Waals surface area contributed by atoms with Crippen LogP contribution in [0.5, 0.6) is 0 Å². The van der Waals surface area contributed by atoms with Crippen LogP contribution < -0.4 is 0 Å². The summed E-state index contributed by atoms with van der Waals surface area (Å²) in [5, 5.41) is 0. The molecule has 0 amide bonds. The molecule has 0 saturated heterocycles. The summed E-state index contributed by atoms with van der Waals surface area (Å²) in [5.74, 6) is 0. The molecule has 2 aliphatic rings. The van der Waals surface area contributed by atoms with E-state index in [0.717, 1.165) is 12.8 Å². The number of fused-ring (bicyclic) bond motifs is 2. The molecule has 0 fully saturated rings. The molecule has 0 spiro atoms. The Bertz CT molecular complexity index is 508. The molecule has 19 heavy (non-hydrogen) atoms. The van der Waals surface area contributed by atoms with Gasteiger partial charge >= 0.3 is 0 Å². The Kier molecular flexibility index (Phi) is 3.06. The SMILES string of the molecule is c1ccc2c(c1)CC(OC1Cc3ccccc3S1)S2. The molecule has 2 atom stereocenters. The van der Waals surface area contributed by atoms with Crippen molar-refractivity contribution < 1.29 is 4.74 Å². The molecule has 3 heteroatoms. The zero-order chi connectivity index (χ0) is 12.7. The van der Waals surface area contributed by atoms with E-state index >= 15 is 0 Å². The summed E-state index contributed by atoms with van der Waals surface area (Å²) < 4.78 is 6.26. The van der Waals surface area contributed by atoms with Crippen molar-refractivity contribution in [2.24, 2.45) is 0 Å². The van der Waals surface area contributed by atoms with Crippen LogP contribution in [-0.4, -0.2) is 10.9 Å². The van der Waals surface area contributed by atoms with Gasteiger partial charge in [0.1, 0.15) is 10.9 Å². The largest absolute Gasteiger partial charge is 0.352 e. The number of benzene rings is 2. The predicted octanol–water partition coefficient (Wildman–Crippen LogP) is 4.35. The Balaban J connectivity index is 1.43. The molecule has 96 valence electrons. The Morgan fingerprint density at radius 1 is 0.737 bits per heavy atom. The zero-order valence-corrected chi connectivity index (χ0v) is 12.0. The van der Waals surface area contributed by atoms with Crippen LogP contribution in [0.2, 0.25) is 0 Å². The second kappa shape index (κ2) is 4.89. The van der Waals surface area contributed by atoms with Gasteiger partial charge in [0.05, 0.1) is 0 Å². The average Bonchev–Trinajstić information content (AvgIpc) is 3.00. The first-order valence-electron chi connectivity index (χ1n) is 6.53. The van der Waals surface area contributed by atoms with Crippen LogP contribution in [0.4, 0.5) is 0 Å². The van der Waals surface area contributed by atoms with Gasteiger partial charge in [0, 0.05) is 22.6 Å². The fourth-order valence-electron chi connectivity index (χ4n) is 2.62. The van der Waals surface area contributed by atoms with Crippen molar-refractivity contribution >= 4 is 23.5 Å². The van der Waals surface area contributed by atoms with Crippen LogP contribution in [0.1, 0.15) is 11.1 Å². The first kappa shape index (κ1) is 11.9. The van der Waals surface area contributed by atoms with Crippen LogP contribution >= 0.6 is 23.5 Å². The summed E-state index contributed by atoms with van der Waals surface area (Å²) >= 11 is 3.73. The maximum atomic E-state index is 6.26. The molecule has 2 heterocycles. The number of thioether (sulfide) groups is 2. The monoisotopic (exact) mass is 286 g/mol. The van der Waals surface area contributed by atoms with Crippen molar-refractivity contribution in [3.05, 3.63) is 59.7 Å². The molecule has 4 rings (SSSR count). The van der Waals surface area contributed by atoms with Crippen LogP contribution in [0.3, 0.4) is 0 Å². The van der Waals surface area contributed by atoms with E-state index in [1.54, 1.807) is 0 Å². The fraction of sp³-hybridized carbons (Fsp3) is 0.250. The number of hydrogen-bond acceptors (Lipinski definition) is 3. The molecule has 2 aromatic rings. The van der Waals surface area contributed by atoms with Gasteiger partial charge in [0.2, 0.25) is 0 Å². The summed E-state index contributed by atoms with van der Waals surface area (Å²) in [5.41, 5.74) is 3.42. The van der Waals surface area contributed by atoms with Gasteiger partial charge < -0.3 is 4.74 Å². The fourth-order valence-corrected chi connectivity index (χ4v) is 5.08. The first-order chi connectivity index (χ1) is 9.38. The van der Waals surface area contributed by atoms with Crippen molar-refractivity contribution in [1.82, 2.24) is 0 Å². The molecule has 2 unspecified atom stereocenters. The molecule has 0 radical (unpaired) electrons. The topological polar surface area (TPSA) is 9.23 Å². The van der Waals surface area contributed by atoms with Gasteiger partial charge in [-0.2, -0.15) is 0 Å². The van der Waals surface area contributed by atoms with Crippen LogP contribution in [0.25, 0.3) is 0 Å². The molecular formula is C16H14OS2. The van der Waals surface area contributed by atoms with E-state index < -0.39 is 0 Å². The molecule has 2 aromatic carbocycles. The Morgan fingerprint density at radius 3 is 1.68 bits per heavy atom. The van der Waals surface area contributed by atoms with E-state index in [4.69, 9.17) is 4.74 Å². The second-order valence-electron chi connectivity index (χ2n) is 4.85. The van der Waals surface area contributed by atoms with Gasteiger partial charge in [-0.25, -0.2) is 0 Å². The van der Waals surface area contributed by atoms with E-state index in [0.29, 0.717) is 0 Å². The summed E-state index contributed by atoms with van der Waals surface area (Å²) in [6.45, 7) is 0. The second-order valence-corrected chi connectivity index (χ2v) is 7.26. The van der Waals surface area contributed by atoms with E-state index in [1.807, 2.05) is 23.5 Å². The quantitative estimate of drug-likeness (QED) is 0.812. The summed E-state index contributed by atoms with van der Waals surface area (Å²) in [6, 6.07) is 17.2. The van der Waals surface area contributed by atoms with Crippen molar-refractivity contribution in [3.8, 4) is 0 Å². The van der Waals surface area contributed by atoms with Gasteiger partial charge in [-0.05, 0) is 23.3 Å². The third kappa shape index (κ3) is 2.31. The van der Waals surface area contributed by atoms with Gasteiger partial charge in [-0.15, -0.1) is 0 Å². The van der Waals surface area contributed by atoms with Crippen molar-refractivity contribution in [1.29, 1.82) is 0 Å². The van der Waals surface area contributed by atoms with E-state index in [9.17, 15) is 0 Å². The third-order valence-electron chi connectivity index (χ3n) is 3.54. The predicted molar refractivity (Wildman–Crippen MR) is 80.7 cm³/mol. The highest BCUT2D eigenvalue weighted by molar-refractivity contribution is 8.00. The highest BCUT2D eigenvalue weighted by atomic mass is 32.2. The molecule has 0 N–H and O–H groups in total. The smallest absolute Gasteiger partial charge is 0.113 e. The lowest BCUT2D eigenvalue weighted by molar-refractivity contribution is 0.0963. The van der Waals surface area contributed by atoms with Gasteiger partial charge in [0.15, 0.2) is 0 Å². The molecule has 0 saturated carbocycles. The minimum absolute atomic E-state index is 0.282. The van der Waals surface area contributed by atoms with Gasteiger partial charge in [-0.1, -0.05) is 59.9 Å². The van der Waals surface area contributed by atoms with E-state index in [1.165, 1.54) is 20.9 Å². The normalized spacial score (nSPS) is 24.2. The molecule has 0 aliphatic carbocycles. The number of ether oxygens (including phenoxy) is 1. The van der Waals surface area contributed by atoms with Crippen molar-refractivity contribution in [3.63, 3.8) is 0 Å². The van der Waals surface area contributed by atoms with Crippen LogP contribution in [0, 0.1) is 0 Å². The number of hydrogen-bond donors (Lipinski definition) is 0. The van der Waals surface area contributed by atoms with Crippen molar-refractivity contribution in [2.75, 3.05) is 0 Å². The third-order valence-corrected chi connectivity index (χ3v) is 5.92. The summed E-state index contributed by atoms with van der Waals surface area (Å²) in [7, 11) is 0. The minimum atomic E-state index is 0.282. The van der Waals surface area contributed by atoms with Crippen molar-refractivity contribution in [2.45, 2.75) is 33.5 Å². The Hall–Kier alpha value is -0.900. The Morgan fingerprint density at radius 2 is 1.21 bits per heavy atom. The standard InChI is InChI=1S/C16H14OS2/c1-3-7-13-11(5-1)9-15(18-13)17-16-10-12-6-2-4-8-14(12)19-16/h1-8,15-16H,9-10H2. The Labute approximate surface area is 121 Å². The molecule has 1 nitrogen and oxygen atoms in total. The lowest BCUT2D eigenvalue weighted by Gasteiger charge is -2.15. The molecule has 2 aliphatic heterocycles. The minimum Gasteiger partial charge on any atom is -0.352 e. The lowest BCUT2D eigenvalue weighted by atomic mass is 10.1. The maximum Gasteiger partial charge on any atom is 0.113 e. The number of rotatable bonds is 2. The zero-order valence-electron chi connectivity index (χ0n) is 10.4. The lowest BCUT2D eigenvalue weighted by Crippen LogP contribution is -2.15. The molecule has 0 aromatic heterocycles. The van der Waals surface area contributed by atoms with Gasteiger partial charge in [-0.3, -0.25) is 0 Å². The van der Waals surface area contributed by atoms with Crippen LogP contribution in [0.15, 0.2) is 58.3 Å². The molecule has 0 bridgehead atoms.